The Morgan fingerprint density at radius 2 is 1.74 bits per heavy atom. The van der Waals surface area contributed by atoms with E-state index in [2.05, 4.69) is 14.9 Å². The summed E-state index contributed by atoms with van der Waals surface area (Å²) in [7, 11) is 0. The van der Waals surface area contributed by atoms with Crippen LogP contribution in [0.1, 0.15) is 0 Å². The summed E-state index contributed by atoms with van der Waals surface area (Å²) in [6.07, 6.45) is 1.18. The fourth-order valence-corrected chi connectivity index (χ4v) is 1.58. The van der Waals surface area contributed by atoms with Crippen LogP contribution in [0.3, 0.4) is 0 Å². The van der Waals surface area contributed by atoms with E-state index in [1.807, 2.05) is 0 Å². The second-order valence-electron chi connectivity index (χ2n) is 3.20. The van der Waals surface area contributed by atoms with Crippen LogP contribution >= 0.6 is 11.5 Å². The lowest BCUT2D eigenvalue weighted by Gasteiger charge is -2.08. The number of anilines is 2. The van der Waals surface area contributed by atoms with Gasteiger partial charge < -0.3 is 5.32 Å². The number of amides is 2. The molecule has 0 bridgehead atoms. The number of rotatable bonds is 2. The molecule has 0 aliphatic rings. The molecule has 2 rings (SSSR count). The van der Waals surface area contributed by atoms with Gasteiger partial charge in [0.05, 0.1) is 6.20 Å². The standard InChI is InChI=1S/C9H4F4N4OS/c10-3-1-4(11)7(13)8(6(3)12)16-9(18)15-5-2-14-17-19-5/h1-2H,(H2,15,16,18). The number of benzene rings is 1. The minimum Gasteiger partial charge on any atom is -0.302 e. The highest BCUT2D eigenvalue weighted by Gasteiger charge is 2.21. The zero-order valence-corrected chi connectivity index (χ0v) is 9.69. The average Bonchev–Trinajstić information content (AvgIpc) is 2.85. The van der Waals surface area contributed by atoms with Crippen molar-refractivity contribution in [2.24, 2.45) is 0 Å². The van der Waals surface area contributed by atoms with Gasteiger partial charge in [-0.15, -0.1) is 5.10 Å². The van der Waals surface area contributed by atoms with Crippen LogP contribution in [0.4, 0.5) is 33.0 Å². The molecule has 1 heterocycles. The summed E-state index contributed by atoms with van der Waals surface area (Å²) in [4.78, 5) is 11.4. The first-order valence-electron chi connectivity index (χ1n) is 4.67. The molecule has 0 aliphatic heterocycles. The molecule has 1 aromatic carbocycles. The summed E-state index contributed by atoms with van der Waals surface area (Å²) < 4.78 is 55.7. The minimum atomic E-state index is -1.70. The fraction of sp³-hybridized carbons (Fsp3) is 0. The smallest absolute Gasteiger partial charge is 0.302 e. The molecule has 100 valence electrons. The Hall–Kier alpha value is -2.23. The monoisotopic (exact) mass is 292 g/mol. The topological polar surface area (TPSA) is 66.9 Å². The van der Waals surface area contributed by atoms with E-state index in [0.717, 1.165) is 11.5 Å². The maximum atomic E-state index is 13.2. The molecule has 0 radical (unpaired) electrons. The number of nitrogens with zero attached hydrogens (tertiary/aromatic N) is 2. The van der Waals surface area contributed by atoms with E-state index in [1.165, 1.54) is 6.20 Å². The van der Waals surface area contributed by atoms with Gasteiger partial charge in [-0.3, -0.25) is 5.32 Å². The van der Waals surface area contributed by atoms with E-state index in [1.54, 1.807) is 5.32 Å². The number of nitrogens with one attached hydrogen (secondary N) is 2. The number of carbonyl (C=O) groups is 1. The Labute approximate surface area is 107 Å². The number of urea groups is 1. The van der Waals surface area contributed by atoms with E-state index in [4.69, 9.17) is 0 Å². The molecule has 0 spiro atoms. The predicted molar refractivity (Wildman–Crippen MR) is 58.8 cm³/mol. The second-order valence-corrected chi connectivity index (χ2v) is 3.99. The Bertz CT molecular complexity index is 593. The molecule has 10 heteroatoms. The van der Waals surface area contributed by atoms with E-state index < -0.39 is 35.0 Å². The van der Waals surface area contributed by atoms with Crippen molar-refractivity contribution in [2.45, 2.75) is 0 Å². The van der Waals surface area contributed by atoms with E-state index in [9.17, 15) is 22.4 Å². The number of hydrogen-bond donors (Lipinski definition) is 2. The van der Waals surface area contributed by atoms with Gasteiger partial charge in [-0.05, 0) is 0 Å². The van der Waals surface area contributed by atoms with E-state index >= 15 is 0 Å². The van der Waals surface area contributed by atoms with Gasteiger partial charge in [0.15, 0.2) is 23.3 Å². The Morgan fingerprint density at radius 1 is 1.11 bits per heavy atom. The Morgan fingerprint density at radius 3 is 2.26 bits per heavy atom. The van der Waals surface area contributed by atoms with Gasteiger partial charge in [0.1, 0.15) is 10.7 Å². The maximum absolute atomic E-state index is 13.2. The first kappa shape index (κ1) is 13.2. The Kier molecular flexibility index (Phi) is 3.60. The summed E-state index contributed by atoms with van der Waals surface area (Å²) in [5.41, 5.74) is -1.22. The van der Waals surface area contributed by atoms with Crippen LogP contribution in [0.15, 0.2) is 12.3 Å². The van der Waals surface area contributed by atoms with Crippen LogP contribution in [0, 0.1) is 23.3 Å². The van der Waals surface area contributed by atoms with Crippen molar-refractivity contribution >= 4 is 28.3 Å². The van der Waals surface area contributed by atoms with Gasteiger partial charge in [0.2, 0.25) is 0 Å². The first-order chi connectivity index (χ1) is 8.99. The largest absolute Gasteiger partial charge is 0.324 e. The molecule has 2 aromatic rings. The SMILES string of the molecule is O=C(Nc1cnns1)Nc1c(F)c(F)cc(F)c1F. The van der Waals surface area contributed by atoms with Crippen molar-refractivity contribution in [1.82, 2.24) is 9.59 Å². The third kappa shape index (κ3) is 2.78. The summed E-state index contributed by atoms with van der Waals surface area (Å²) in [6.45, 7) is 0. The highest BCUT2D eigenvalue weighted by molar-refractivity contribution is 7.10. The van der Waals surface area contributed by atoms with Crippen LogP contribution in [-0.4, -0.2) is 15.6 Å². The zero-order chi connectivity index (χ0) is 14.0. The summed E-state index contributed by atoms with van der Waals surface area (Å²) in [5.74, 6) is -6.63. The molecule has 1 aromatic heterocycles. The molecule has 0 aliphatic carbocycles. The maximum Gasteiger partial charge on any atom is 0.324 e. The third-order valence-electron chi connectivity index (χ3n) is 1.95. The van der Waals surface area contributed by atoms with E-state index in [-0.39, 0.29) is 11.1 Å². The predicted octanol–water partition coefficient (Wildman–Crippen LogP) is 2.74. The van der Waals surface area contributed by atoms with Crippen molar-refractivity contribution in [2.75, 3.05) is 10.6 Å². The van der Waals surface area contributed by atoms with Gasteiger partial charge in [0, 0.05) is 17.6 Å². The molecule has 0 unspecified atom stereocenters. The van der Waals surface area contributed by atoms with Gasteiger partial charge >= 0.3 is 6.03 Å². The quantitative estimate of drug-likeness (QED) is 0.660. The number of carbonyl (C=O) groups excluding carboxylic acids is 1. The molecule has 0 saturated heterocycles. The third-order valence-corrected chi connectivity index (χ3v) is 2.53. The number of hydrogen-bond acceptors (Lipinski definition) is 4. The van der Waals surface area contributed by atoms with Crippen molar-refractivity contribution in [3.63, 3.8) is 0 Å². The highest BCUT2D eigenvalue weighted by Crippen LogP contribution is 2.24. The Balaban J connectivity index is 2.21. The molecule has 0 fully saturated rings. The lowest BCUT2D eigenvalue weighted by atomic mass is 10.2. The van der Waals surface area contributed by atoms with Crippen molar-refractivity contribution in [3.05, 3.63) is 35.5 Å². The molecule has 5 nitrogen and oxygen atoms in total. The van der Waals surface area contributed by atoms with Crippen molar-refractivity contribution < 1.29 is 22.4 Å². The molecule has 0 atom stereocenters. The van der Waals surface area contributed by atoms with Crippen molar-refractivity contribution in [3.8, 4) is 0 Å². The van der Waals surface area contributed by atoms with Crippen LogP contribution in [-0.2, 0) is 0 Å². The lowest BCUT2D eigenvalue weighted by molar-refractivity contribution is 0.262. The zero-order valence-electron chi connectivity index (χ0n) is 8.88. The summed E-state index contributed by atoms with van der Waals surface area (Å²) >= 11 is 0.808. The van der Waals surface area contributed by atoms with Gasteiger partial charge in [-0.1, -0.05) is 4.49 Å². The number of halogens is 4. The summed E-state index contributed by atoms with van der Waals surface area (Å²) in [6, 6.07) is -1.05. The van der Waals surface area contributed by atoms with Crippen LogP contribution < -0.4 is 10.6 Å². The average molecular weight is 292 g/mol. The van der Waals surface area contributed by atoms with Crippen LogP contribution in [0.2, 0.25) is 0 Å². The van der Waals surface area contributed by atoms with Gasteiger partial charge in [0.25, 0.3) is 0 Å². The van der Waals surface area contributed by atoms with Gasteiger partial charge in [-0.25, -0.2) is 22.4 Å². The minimum absolute atomic E-state index is 0.0425. The number of aromatic nitrogens is 2. The first-order valence-corrected chi connectivity index (χ1v) is 5.44. The highest BCUT2D eigenvalue weighted by atomic mass is 32.1. The van der Waals surface area contributed by atoms with Crippen LogP contribution in [0.5, 0.6) is 0 Å². The van der Waals surface area contributed by atoms with Crippen LogP contribution in [0.25, 0.3) is 0 Å². The molecular formula is C9H4F4N4OS. The molecule has 0 saturated carbocycles. The normalized spacial score (nSPS) is 10.3. The van der Waals surface area contributed by atoms with Crippen molar-refractivity contribution in [1.29, 1.82) is 0 Å². The summed E-state index contributed by atoms with van der Waals surface area (Å²) in [5, 5.41) is 7.39. The molecule has 2 amide bonds. The molecule has 19 heavy (non-hydrogen) atoms. The lowest BCUT2D eigenvalue weighted by Crippen LogP contribution is -2.21. The second kappa shape index (κ2) is 5.18. The molecule has 2 N–H and O–H groups in total. The fourth-order valence-electron chi connectivity index (χ4n) is 1.16. The molecular weight excluding hydrogens is 288 g/mol. The van der Waals surface area contributed by atoms with E-state index in [0.29, 0.717) is 0 Å². The van der Waals surface area contributed by atoms with Gasteiger partial charge in [-0.2, -0.15) is 0 Å².